The Morgan fingerprint density at radius 2 is 1.60 bits per heavy atom. The van der Waals surface area contributed by atoms with Gasteiger partial charge in [0.15, 0.2) is 5.00 Å². The normalized spacial score (nSPS) is 12.1. The van der Waals surface area contributed by atoms with E-state index in [1.54, 1.807) is 30.0 Å². The molecule has 0 bridgehead atoms. The molecule has 1 aromatic heterocycles. The third kappa shape index (κ3) is 14.9. The molecule has 240 valence electrons. The lowest BCUT2D eigenvalue weighted by Gasteiger charge is -2.24. The van der Waals surface area contributed by atoms with E-state index in [1.807, 2.05) is 11.8 Å². The van der Waals surface area contributed by atoms with Crippen molar-refractivity contribution in [2.24, 2.45) is 10.2 Å². The largest absolute Gasteiger partial charge is 0.370 e. The molecular weight excluding hydrogens is 627 g/mol. The van der Waals surface area contributed by atoms with Crippen LogP contribution >= 0.6 is 23.3 Å². The van der Waals surface area contributed by atoms with Crippen molar-refractivity contribution in [3.8, 4) is 6.07 Å². The second kappa shape index (κ2) is 19.2. The van der Waals surface area contributed by atoms with Crippen LogP contribution < -0.4 is 14.3 Å². The van der Waals surface area contributed by atoms with Crippen molar-refractivity contribution in [1.82, 2.24) is 9.10 Å². The number of aromatic nitrogens is 1. The highest BCUT2D eigenvalue weighted by Gasteiger charge is 2.16. The fraction of sp³-hybridized carbons (Fsp3) is 0.643. The molecule has 0 saturated heterocycles. The SMILES string of the molecule is CCCCCCCCCCCCSc1nsc(N=Nc2ccc(N(CC)CCNS(C)(=O)=O)cc2NS(C)(=O)=O)c1C#N. The summed E-state index contributed by atoms with van der Waals surface area (Å²) < 4.78 is 56.4. The minimum Gasteiger partial charge on any atom is -0.370 e. The molecule has 0 aliphatic heterocycles. The van der Waals surface area contributed by atoms with Crippen molar-refractivity contribution in [3.05, 3.63) is 23.8 Å². The average Bonchev–Trinajstić information content (AvgIpc) is 3.33. The zero-order valence-electron chi connectivity index (χ0n) is 25.6. The van der Waals surface area contributed by atoms with Crippen molar-refractivity contribution >= 4 is 65.4 Å². The molecule has 2 rings (SSSR count). The van der Waals surface area contributed by atoms with E-state index in [0.717, 1.165) is 42.6 Å². The highest BCUT2D eigenvalue weighted by molar-refractivity contribution is 7.99. The number of benzene rings is 1. The Morgan fingerprint density at radius 3 is 2.19 bits per heavy atom. The smallest absolute Gasteiger partial charge is 0.229 e. The van der Waals surface area contributed by atoms with E-state index in [4.69, 9.17) is 0 Å². The first-order chi connectivity index (χ1) is 20.5. The number of hydrogen-bond donors (Lipinski definition) is 2. The van der Waals surface area contributed by atoms with Crippen molar-refractivity contribution in [2.75, 3.05) is 47.5 Å². The zero-order chi connectivity index (χ0) is 31.7. The Morgan fingerprint density at radius 1 is 0.953 bits per heavy atom. The van der Waals surface area contributed by atoms with Gasteiger partial charge in [-0.2, -0.15) is 9.64 Å². The summed E-state index contributed by atoms with van der Waals surface area (Å²) in [5.41, 5.74) is 1.55. The van der Waals surface area contributed by atoms with Crippen molar-refractivity contribution in [3.63, 3.8) is 0 Å². The van der Waals surface area contributed by atoms with E-state index in [9.17, 15) is 22.1 Å². The number of likely N-dealkylation sites (N-methyl/N-ethyl adjacent to an activating group) is 1. The van der Waals surface area contributed by atoms with Crippen LogP contribution in [-0.4, -0.2) is 59.1 Å². The molecule has 0 atom stereocenters. The number of anilines is 2. The number of thioether (sulfide) groups is 1. The van der Waals surface area contributed by atoms with E-state index >= 15 is 0 Å². The minimum absolute atomic E-state index is 0.199. The van der Waals surface area contributed by atoms with Crippen LogP contribution in [0.4, 0.5) is 22.1 Å². The molecule has 1 aromatic carbocycles. The van der Waals surface area contributed by atoms with Crippen molar-refractivity contribution in [1.29, 1.82) is 5.26 Å². The molecule has 2 aromatic rings. The van der Waals surface area contributed by atoms with Crippen LogP contribution in [0, 0.1) is 11.3 Å². The molecule has 11 nitrogen and oxygen atoms in total. The number of hydrogen-bond acceptors (Lipinski definition) is 11. The first-order valence-electron chi connectivity index (χ1n) is 14.7. The number of unbranched alkanes of at least 4 members (excludes halogenated alkanes) is 9. The van der Waals surface area contributed by atoms with Crippen LogP contribution in [0.2, 0.25) is 0 Å². The molecule has 0 unspecified atom stereocenters. The minimum atomic E-state index is -3.63. The quantitative estimate of drug-likeness (QED) is 0.0756. The van der Waals surface area contributed by atoms with Gasteiger partial charge < -0.3 is 4.90 Å². The van der Waals surface area contributed by atoms with Crippen LogP contribution in [0.15, 0.2) is 33.5 Å². The summed E-state index contributed by atoms with van der Waals surface area (Å²) >= 11 is 2.64. The summed E-state index contributed by atoms with van der Waals surface area (Å²) in [6.45, 7) is 5.30. The van der Waals surface area contributed by atoms with E-state index < -0.39 is 20.0 Å². The maximum absolute atomic E-state index is 12.1. The summed E-state index contributed by atoms with van der Waals surface area (Å²) in [6.07, 6.45) is 14.8. The summed E-state index contributed by atoms with van der Waals surface area (Å²) in [5, 5.41) is 19.3. The van der Waals surface area contributed by atoms with E-state index in [1.165, 1.54) is 51.4 Å². The molecule has 0 saturated carbocycles. The molecule has 15 heteroatoms. The highest BCUT2D eigenvalue weighted by atomic mass is 32.2. The van der Waals surface area contributed by atoms with Gasteiger partial charge in [0, 0.05) is 25.3 Å². The summed E-state index contributed by atoms with van der Waals surface area (Å²) in [6, 6.07) is 7.21. The second-order valence-corrected chi connectivity index (χ2v) is 15.7. The van der Waals surface area contributed by atoms with Gasteiger partial charge in [-0.15, -0.1) is 22.0 Å². The van der Waals surface area contributed by atoms with Gasteiger partial charge in [0.25, 0.3) is 0 Å². The first-order valence-corrected chi connectivity index (χ1v) is 20.3. The maximum Gasteiger partial charge on any atom is 0.229 e. The molecule has 43 heavy (non-hydrogen) atoms. The molecule has 2 N–H and O–H groups in total. The Kier molecular flexibility index (Phi) is 16.5. The molecule has 0 aliphatic carbocycles. The Bertz CT molecular complexity index is 1420. The van der Waals surface area contributed by atoms with Crippen LogP contribution in [0.1, 0.15) is 83.6 Å². The number of sulfonamides is 2. The number of nitriles is 1. The first kappa shape index (κ1) is 36.9. The molecular formula is C28H45N7O4S4. The number of nitrogens with zero attached hydrogens (tertiary/aromatic N) is 5. The van der Waals surface area contributed by atoms with E-state index in [2.05, 4.69) is 37.0 Å². The van der Waals surface area contributed by atoms with Crippen molar-refractivity contribution < 1.29 is 16.8 Å². The predicted molar refractivity (Wildman–Crippen MR) is 179 cm³/mol. The van der Waals surface area contributed by atoms with Gasteiger partial charge in [-0.3, -0.25) is 4.72 Å². The zero-order valence-corrected chi connectivity index (χ0v) is 28.9. The average molecular weight is 672 g/mol. The van der Waals surface area contributed by atoms with Crippen LogP contribution in [0.3, 0.4) is 0 Å². The van der Waals surface area contributed by atoms with Gasteiger partial charge in [0.2, 0.25) is 20.0 Å². The molecule has 1 heterocycles. The molecule has 0 spiro atoms. The predicted octanol–water partition coefficient (Wildman–Crippen LogP) is 7.19. The Balaban J connectivity index is 2.03. The lowest BCUT2D eigenvalue weighted by atomic mass is 10.1. The standard InChI is InChI=1S/C28H45N7O4S4/c1-5-7-8-9-10-11-12-13-14-15-20-40-28-24(22-29)27(41-33-28)32-31-25-17-16-23(21-26(25)34-43(4,38)39)35(6-2)19-18-30-42(3,36)37/h16-17,21,30,34H,5-15,18-20H2,1-4H3. The Hall–Kier alpha value is -2.25. The van der Waals surface area contributed by atoms with Gasteiger partial charge in [-0.05, 0) is 48.8 Å². The third-order valence-corrected chi connectivity index (χ3v) is 9.74. The van der Waals surface area contributed by atoms with E-state index in [-0.39, 0.29) is 17.9 Å². The number of azo groups is 1. The van der Waals surface area contributed by atoms with Crippen LogP contribution in [0.5, 0.6) is 0 Å². The molecule has 0 amide bonds. The van der Waals surface area contributed by atoms with Gasteiger partial charge in [0.1, 0.15) is 22.3 Å². The van der Waals surface area contributed by atoms with Gasteiger partial charge >= 0.3 is 0 Å². The fourth-order valence-electron chi connectivity index (χ4n) is 4.31. The second-order valence-electron chi connectivity index (χ2n) is 10.3. The lowest BCUT2D eigenvalue weighted by molar-refractivity contribution is 0.563. The molecule has 0 radical (unpaired) electrons. The Labute approximate surface area is 266 Å². The van der Waals surface area contributed by atoms with Crippen LogP contribution in [-0.2, 0) is 20.0 Å². The van der Waals surface area contributed by atoms with Crippen molar-refractivity contribution in [2.45, 2.75) is 83.1 Å². The fourth-order valence-corrected chi connectivity index (χ4v) is 7.13. The summed E-state index contributed by atoms with van der Waals surface area (Å²) in [5.74, 6) is 0.878. The van der Waals surface area contributed by atoms with E-state index in [0.29, 0.717) is 34.4 Å². The van der Waals surface area contributed by atoms with Crippen LogP contribution in [0.25, 0.3) is 0 Å². The molecule has 0 aliphatic rings. The topological polar surface area (TPSA) is 157 Å². The maximum atomic E-state index is 12.1. The van der Waals surface area contributed by atoms with Gasteiger partial charge in [-0.1, -0.05) is 64.7 Å². The number of rotatable bonds is 22. The lowest BCUT2D eigenvalue weighted by Crippen LogP contribution is -2.34. The van der Waals surface area contributed by atoms with Gasteiger partial charge in [0.05, 0.1) is 18.2 Å². The number of nitrogens with one attached hydrogen (secondary N) is 2. The third-order valence-electron chi connectivity index (χ3n) is 6.51. The molecule has 0 fully saturated rings. The van der Waals surface area contributed by atoms with Gasteiger partial charge in [-0.25, -0.2) is 21.6 Å². The monoisotopic (exact) mass is 671 g/mol. The summed E-state index contributed by atoms with van der Waals surface area (Å²) in [7, 11) is -6.96. The highest BCUT2D eigenvalue weighted by Crippen LogP contribution is 2.37. The summed E-state index contributed by atoms with van der Waals surface area (Å²) in [4.78, 5) is 1.90.